The van der Waals surface area contributed by atoms with E-state index in [2.05, 4.69) is 103 Å². The lowest BCUT2D eigenvalue weighted by molar-refractivity contribution is -0.268. The molecule has 1 aliphatic heterocycles. The average molecular weight is 675 g/mol. The van der Waals surface area contributed by atoms with Crippen molar-refractivity contribution in [2.45, 2.75) is 149 Å². The molecule has 1 saturated heterocycles. The van der Waals surface area contributed by atoms with Gasteiger partial charge in [0, 0.05) is 26.4 Å². The zero-order valence-corrected chi connectivity index (χ0v) is 31.8. The third kappa shape index (κ3) is 11.1. The van der Waals surface area contributed by atoms with Crippen molar-refractivity contribution in [2.24, 2.45) is 0 Å². The van der Waals surface area contributed by atoms with Gasteiger partial charge in [-0.15, -0.1) is 0 Å². The van der Waals surface area contributed by atoms with E-state index in [0.29, 0.717) is 32.3 Å². The monoisotopic (exact) mass is 674 g/mol. The maximum Gasteiger partial charge on any atom is 0.117 e. The molecule has 0 N–H and O–H groups in total. The highest BCUT2D eigenvalue weighted by Crippen LogP contribution is 2.39. The quantitative estimate of drug-likeness (QED) is 0.0993. The Morgan fingerprint density at radius 2 is 1.27 bits per heavy atom. The standard InChI is InChI=1S/C44H66O5/c1-8-13-23-45-31-40-42(46-24-14-9-2)44(48-26-16-11-4)43(47-25-15-10-3)41(49-40)36-21-17-19-33(27-36)28-37-29-34(12-5)38-22-18-20-35(32(6)7)30-39(37)38/h17-22,27,29-30,32,40-44H,8-16,23-26,28,31H2,1-7H3/t40-,41+,42-,43+,44+/m1/s1. The molecule has 5 nitrogen and oxygen atoms in total. The van der Waals surface area contributed by atoms with Crippen molar-refractivity contribution in [2.75, 3.05) is 33.0 Å². The molecule has 0 saturated carbocycles. The first-order chi connectivity index (χ1) is 23.9. The summed E-state index contributed by atoms with van der Waals surface area (Å²) in [5, 5.41) is 0. The molecule has 1 fully saturated rings. The minimum absolute atomic E-state index is 0.247. The Bertz CT molecular complexity index is 1320. The van der Waals surface area contributed by atoms with Gasteiger partial charge in [0.2, 0.25) is 0 Å². The summed E-state index contributed by atoms with van der Waals surface area (Å²) in [6.07, 6.45) is 8.92. The molecule has 3 aliphatic rings. The second-order valence-electron chi connectivity index (χ2n) is 14.2. The summed E-state index contributed by atoms with van der Waals surface area (Å²) in [4.78, 5) is 0. The molecule has 1 heterocycles. The van der Waals surface area contributed by atoms with E-state index in [1.807, 2.05) is 0 Å². The maximum absolute atomic E-state index is 7.07. The molecule has 0 unspecified atom stereocenters. The fraction of sp³-hybridized carbons (Fsp3) is 0.636. The molecular formula is C44H66O5. The average Bonchev–Trinajstić information content (AvgIpc) is 3.26. The predicted molar refractivity (Wildman–Crippen MR) is 203 cm³/mol. The second kappa shape index (κ2) is 21.2. The molecular weight excluding hydrogens is 608 g/mol. The molecule has 1 aromatic rings. The third-order valence-corrected chi connectivity index (χ3v) is 9.90. The maximum atomic E-state index is 7.07. The Labute approximate surface area is 298 Å². The molecule has 2 aliphatic carbocycles. The van der Waals surface area contributed by atoms with Gasteiger partial charge in [-0.3, -0.25) is 0 Å². The molecule has 0 bridgehead atoms. The Hall–Kier alpha value is -2.28. The van der Waals surface area contributed by atoms with Crippen LogP contribution >= 0.6 is 0 Å². The molecule has 4 rings (SSSR count). The number of fused-ring (bicyclic) bond motifs is 1. The van der Waals surface area contributed by atoms with E-state index in [0.717, 1.165) is 76.4 Å². The van der Waals surface area contributed by atoms with Crippen molar-refractivity contribution in [3.8, 4) is 11.1 Å². The van der Waals surface area contributed by atoms with Gasteiger partial charge < -0.3 is 23.7 Å². The van der Waals surface area contributed by atoms with Gasteiger partial charge in [0.05, 0.1) is 6.61 Å². The van der Waals surface area contributed by atoms with Crippen LogP contribution in [-0.2, 0) is 36.5 Å². The van der Waals surface area contributed by atoms with Crippen molar-refractivity contribution in [3.63, 3.8) is 0 Å². The number of hydrogen-bond donors (Lipinski definition) is 0. The van der Waals surface area contributed by atoms with Crippen molar-refractivity contribution < 1.29 is 23.7 Å². The Kier molecular flexibility index (Phi) is 17.1. The van der Waals surface area contributed by atoms with E-state index in [1.54, 1.807) is 0 Å². The molecule has 1 aromatic carbocycles. The smallest absolute Gasteiger partial charge is 0.117 e. The lowest BCUT2D eigenvalue weighted by atomic mass is 9.89. The van der Waals surface area contributed by atoms with E-state index in [-0.39, 0.29) is 30.5 Å². The Morgan fingerprint density at radius 1 is 0.633 bits per heavy atom. The largest absolute Gasteiger partial charge is 0.379 e. The third-order valence-electron chi connectivity index (χ3n) is 9.90. The normalized spacial score (nSPS) is 21.2. The van der Waals surface area contributed by atoms with E-state index in [4.69, 9.17) is 23.7 Å². The number of hydrogen-bond acceptors (Lipinski definition) is 5. The van der Waals surface area contributed by atoms with Gasteiger partial charge in [0.15, 0.2) is 0 Å². The summed E-state index contributed by atoms with van der Waals surface area (Å²) in [5.74, 6) is 0.473. The van der Waals surface area contributed by atoms with Crippen LogP contribution in [0.3, 0.4) is 0 Å². The van der Waals surface area contributed by atoms with Crippen LogP contribution in [0.2, 0.25) is 0 Å². The van der Waals surface area contributed by atoms with Crippen LogP contribution in [0.4, 0.5) is 0 Å². The first-order valence-corrected chi connectivity index (χ1v) is 19.7. The minimum Gasteiger partial charge on any atom is -0.379 e. The van der Waals surface area contributed by atoms with Crippen LogP contribution in [0.1, 0.15) is 140 Å². The van der Waals surface area contributed by atoms with Crippen LogP contribution in [-0.4, -0.2) is 57.5 Å². The molecule has 0 aromatic heterocycles. The summed E-state index contributed by atoms with van der Waals surface area (Å²) in [5.41, 5.74) is 9.32. The van der Waals surface area contributed by atoms with Crippen LogP contribution in [0.15, 0.2) is 54.6 Å². The van der Waals surface area contributed by atoms with Gasteiger partial charge in [0.25, 0.3) is 0 Å². The van der Waals surface area contributed by atoms with E-state index in [9.17, 15) is 0 Å². The van der Waals surface area contributed by atoms with Gasteiger partial charge in [-0.2, -0.15) is 0 Å². The van der Waals surface area contributed by atoms with Gasteiger partial charge in [-0.1, -0.05) is 129 Å². The number of benzene rings is 1. The summed E-state index contributed by atoms with van der Waals surface area (Å²) in [7, 11) is 0. The molecule has 49 heavy (non-hydrogen) atoms. The summed E-state index contributed by atoms with van der Waals surface area (Å²) >= 11 is 0. The number of ether oxygens (including phenoxy) is 5. The number of aryl methyl sites for hydroxylation is 1. The van der Waals surface area contributed by atoms with Gasteiger partial charge >= 0.3 is 0 Å². The van der Waals surface area contributed by atoms with Crippen LogP contribution in [0.5, 0.6) is 0 Å². The first kappa shape index (κ1) is 39.5. The zero-order valence-electron chi connectivity index (χ0n) is 31.8. The van der Waals surface area contributed by atoms with Crippen LogP contribution in [0, 0.1) is 0 Å². The van der Waals surface area contributed by atoms with Gasteiger partial charge in [0.1, 0.15) is 30.5 Å². The number of rotatable bonds is 22. The molecule has 0 radical (unpaired) electrons. The van der Waals surface area contributed by atoms with Gasteiger partial charge in [-0.25, -0.2) is 0 Å². The molecule has 272 valence electrons. The summed E-state index contributed by atoms with van der Waals surface area (Å²) in [6, 6.07) is 20.6. The molecule has 5 atom stereocenters. The second-order valence-corrected chi connectivity index (χ2v) is 14.2. The lowest BCUT2D eigenvalue weighted by Crippen LogP contribution is -2.58. The van der Waals surface area contributed by atoms with Crippen molar-refractivity contribution in [3.05, 3.63) is 82.4 Å². The SMILES string of the molecule is CCCCOC[C@H]1O[C@@H](c2cccc(Cc3cc(CC)c4cccc(C(C)C)cc3-4)c2)[C@H](OCCCC)[C@@H](OCCCC)[C@@H]1OCCCC. The topological polar surface area (TPSA) is 46.2 Å². The Balaban J connectivity index is 1.71. The fourth-order valence-corrected chi connectivity index (χ4v) is 6.87. The summed E-state index contributed by atoms with van der Waals surface area (Å²) < 4.78 is 33.5. The zero-order chi connectivity index (χ0) is 35.0. The van der Waals surface area contributed by atoms with Gasteiger partial charge in [-0.05, 0) is 83.4 Å². The van der Waals surface area contributed by atoms with E-state index in [1.165, 1.54) is 33.4 Å². The summed E-state index contributed by atoms with van der Waals surface area (Å²) in [6.45, 7) is 18.8. The van der Waals surface area contributed by atoms with E-state index < -0.39 is 0 Å². The molecule has 0 spiro atoms. The first-order valence-electron chi connectivity index (χ1n) is 19.7. The highest BCUT2D eigenvalue weighted by molar-refractivity contribution is 5.76. The Morgan fingerprint density at radius 3 is 1.92 bits per heavy atom. The highest BCUT2D eigenvalue weighted by atomic mass is 16.6. The highest BCUT2D eigenvalue weighted by Gasteiger charge is 2.48. The van der Waals surface area contributed by atoms with Crippen LogP contribution < -0.4 is 0 Å². The molecule has 5 heteroatoms. The minimum atomic E-state index is -0.290. The van der Waals surface area contributed by atoms with Crippen molar-refractivity contribution in [1.82, 2.24) is 0 Å². The van der Waals surface area contributed by atoms with Crippen molar-refractivity contribution >= 4 is 0 Å². The molecule has 0 amide bonds. The number of unbranched alkanes of at least 4 members (excludes halogenated alkanes) is 4. The fourth-order valence-electron chi connectivity index (χ4n) is 6.87. The lowest BCUT2D eigenvalue weighted by Gasteiger charge is -2.46. The van der Waals surface area contributed by atoms with E-state index >= 15 is 0 Å². The van der Waals surface area contributed by atoms with Crippen LogP contribution in [0.25, 0.3) is 11.1 Å². The predicted octanol–water partition coefficient (Wildman–Crippen LogP) is 10.9. The van der Waals surface area contributed by atoms with Crippen molar-refractivity contribution in [1.29, 1.82) is 0 Å².